The van der Waals surface area contributed by atoms with Crippen LogP contribution in [0.4, 0.5) is 0 Å². The van der Waals surface area contributed by atoms with Crippen LogP contribution >= 0.6 is 11.6 Å². The second kappa shape index (κ2) is 6.21. The topological polar surface area (TPSA) is 40.5 Å². The maximum absolute atomic E-state index is 12.5. The first kappa shape index (κ1) is 13.4. The molecule has 4 heteroatoms. The third-order valence-electron chi connectivity index (χ3n) is 3.45. The molecule has 0 spiro atoms. The van der Waals surface area contributed by atoms with Gasteiger partial charge in [0, 0.05) is 19.2 Å². The maximum atomic E-state index is 12.5. The zero-order chi connectivity index (χ0) is 13.0. The van der Waals surface area contributed by atoms with E-state index in [1.165, 1.54) is 0 Å². The number of aliphatic hydroxyl groups is 1. The minimum atomic E-state index is -0.0150. The number of hydrogen-bond acceptors (Lipinski definition) is 2. The third-order valence-corrected chi connectivity index (χ3v) is 3.78. The molecule has 0 radical (unpaired) electrons. The molecule has 1 heterocycles. The average molecular weight is 268 g/mol. The number of halogens is 1. The second-order valence-corrected chi connectivity index (χ2v) is 5.05. The number of benzene rings is 1. The van der Waals surface area contributed by atoms with Gasteiger partial charge in [-0.3, -0.25) is 4.79 Å². The molecule has 1 aromatic rings. The summed E-state index contributed by atoms with van der Waals surface area (Å²) in [4.78, 5) is 14.3. The molecule has 18 heavy (non-hydrogen) atoms. The molecule has 1 N–H and O–H groups in total. The van der Waals surface area contributed by atoms with Gasteiger partial charge in [-0.1, -0.05) is 23.7 Å². The maximum Gasteiger partial charge on any atom is 0.255 e. The van der Waals surface area contributed by atoms with E-state index in [1.54, 1.807) is 12.1 Å². The van der Waals surface area contributed by atoms with E-state index >= 15 is 0 Å². The van der Waals surface area contributed by atoms with Crippen molar-refractivity contribution in [3.63, 3.8) is 0 Å². The highest BCUT2D eigenvalue weighted by Gasteiger charge is 2.27. The Labute approximate surface area is 112 Å². The van der Waals surface area contributed by atoms with Gasteiger partial charge in [0.05, 0.1) is 10.6 Å². The van der Waals surface area contributed by atoms with Crippen LogP contribution in [0, 0.1) is 0 Å². The van der Waals surface area contributed by atoms with E-state index in [9.17, 15) is 4.79 Å². The van der Waals surface area contributed by atoms with Crippen molar-refractivity contribution in [2.24, 2.45) is 0 Å². The van der Waals surface area contributed by atoms with E-state index in [1.807, 2.05) is 17.0 Å². The van der Waals surface area contributed by atoms with Crippen LogP contribution in [-0.4, -0.2) is 35.1 Å². The van der Waals surface area contributed by atoms with Crippen LogP contribution in [0.1, 0.15) is 36.0 Å². The standard InChI is InChI=1S/C14H18ClNO2/c15-13-7-2-1-6-12(13)14(18)16-9-4-3-5-11(16)8-10-17/h1-2,6-7,11,17H,3-5,8-10H2. The molecule has 1 atom stereocenters. The molecule has 98 valence electrons. The molecule has 0 aliphatic carbocycles. The highest BCUT2D eigenvalue weighted by Crippen LogP contribution is 2.24. The molecule has 1 unspecified atom stereocenters. The Bertz CT molecular complexity index is 420. The summed E-state index contributed by atoms with van der Waals surface area (Å²) in [6, 6.07) is 7.28. The van der Waals surface area contributed by atoms with Gasteiger partial charge in [0.1, 0.15) is 0 Å². The predicted octanol–water partition coefficient (Wildman–Crippen LogP) is 2.72. The average Bonchev–Trinajstić information content (AvgIpc) is 2.40. The molecule has 3 nitrogen and oxygen atoms in total. The Hall–Kier alpha value is -1.06. The van der Waals surface area contributed by atoms with E-state index in [0.29, 0.717) is 17.0 Å². The van der Waals surface area contributed by atoms with Crippen molar-refractivity contribution in [1.82, 2.24) is 4.90 Å². The van der Waals surface area contributed by atoms with Crippen LogP contribution in [0.5, 0.6) is 0 Å². The lowest BCUT2D eigenvalue weighted by molar-refractivity contribution is 0.0575. The molecule has 1 amide bonds. The zero-order valence-electron chi connectivity index (χ0n) is 10.3. The van der Waals surface area contributed by atoms with Gasteiger partial charge in [-0.2, -0.15) is 0 Å². The molecule has 1 aliphatic heterocycles. The van der Waals surface area contributed by atoms with Gasteiger partial charge < -0.3 is 10.0 Å². The van der Waals surface area contributed by atoms with E-state index in [4.69, 9.17) is 16.7 Å². The highest BCUT2D eigenvalue weighted by atomic mass is 35.5. The third kappa shape index (κ3) is 2.85. The van der Waals surface area contributed by atoms with Gasteiger partial charge in [0.25, 0.3) is 5.91 Å². The normalized spacial score (nSPS) is 19.9. The largest absolute Gasteiger partial charge is 0.396 e. The molecular formula is C14H18ClNO2. The number of aliphatic hydroxyl groups excluding tert-OH is 1. The van der Waals surface area contributed by atoms with E-state index in [2.05, 4.69) is 0 Å². The number of carbonyl (C=O) groups is 1. The Morgan fingerprint density at radius 3 is 2.89 bits per heavy atom. The molecule has 0 saturated carbocycles. The van der Waals surface area contributed by atoms with Crippen molar-refractivity contribution in [3.05, 3.63) is 34.9 Å². The van der Waals surface area contributed by atoms with Gasteiger partial charge in [-0.25, -0.2) is 0 Å². The lowest BCUT2D eigenvalue weighted by atomic mass is 9.98. The lowest BCUT2D eigenvalue weighted by Crippen LogP contribution is -2.44. The fourth-order valence-electron chi connectivity index (χ4n) is 2.51. The molecule has 0 bridgehead atoms. The van der Waals surface area contributed by atoms with Crippen LogP contribution < -0.4 is 0 Å². The summed E-state index contributed by atoms with van der Waals surface area (Å²) in [7, 11) is 0. The van der Waals surface area contributed by atoms with E-state index in [-0.39, 0.29) is 18.6 Å². The zero-order valence-corrected chi connectivity index (χ0v) is 11.1. The van der Waals surface area contributed by atoms with Crippen LogP contribution in [0.15, 0.2) is 24.3 Å². The number of piperidine rings is 1. The van der Waals surface area contributed by atoms with Gasteiger partial charge in [0.15, 0.2) is 0 Å². The fraction of sp³-hybridized carbons (Fsp3) is 0.500. The number of carbonyl (C=O) groups excluding carboxylic acids is 1. The Morgan fingerprint density at radius 2 is 2.17 bits per heavy atom. The summed E-state index contributed by atoms with van der Waals surface area (Å²) in [6.07, 6.45) is 3.77. The molecule has 1 aromatic carbocycles. The monoisotopic (exact) mass is 267 g/mol. The molecule has 2 rings (SSSR count). The number of amides is 1. The van der Waals surface area contributed by atoms with Crippen molar-refractivity contribution in [2.75, 3.05) is 13.2 Å². The van der Waals surface area contributed by atoms with E-state index < -0.39 is 0 Å². The summed E-state index contributed by atoms with van der Waals surface area (Å²) in [5.41, 5.74) is 0.559. The van der Waals surface area contributed by atoms with Crippen molar-refractivity contribution >= 4 is 17.5 Å². The number of likely N-dealkylation sites (tertiary alicyclic amines) is 1. The summed E-state index contributed by atoms with van der Waals surface area (Å²) in [5.74, 6) is -0.0150. The van der Waals surface area contributed by atoms with Crippen molar-refractivity contribution in [3.8, 4) is 0 Å². The number of hydrogen-bond donors (Lipinski definition) is 1. The van der Waals surface area contributed by atoms with E-state index in [0.717, 1.165) is 25.8 Å². The first-order valence-corrected chi connectivity index (χ1v) is 6.78. The first-order chi connectivity index (χ1) is 8.74. The second-order valence-electron chi connectivity index (χ2n) is 4.64. The fourth-order valence-corrected chi connectivity index (χ4v) is 2.72. The lowest BCUT2D eigenvalue weighted by Gasteiger charge is -2.35. The molecule has 1 aliphatic rings. The van der Waals surface area contributed by atoms with Gasteiger partial charge in [-0.15, -0.1) is 0 Å². The highest BCUT2D eigenvalue weighted by molar-refractivity contribution is 6.33. The van der Waals surface area contributed by atoms with Gasteiger partial charge >= 0.3 is 0 Å². The number of nitrogens with zero attached hydrogens (tertiary/aromatic N) is 1. The van der Waals surface area contributed by atoms with Gasteiger partial charge in [-0.05, 0) is 37.8 Å². The Kier molecular flexibility index (Phi) is 4.61. The smallest absolute Gasteiger partial charge is 0.255 e. The Balaban J connectivity index is 2.18. The Morgan fingerprint density at radius 1 is 1.39 bits per heavy atom. The predicted molar refractivity (Wildman–Crippen MR) is 71.8 cm³/mol. The van der Waals surface area contributed by atoms with Crippen LogP contribution in [0.2, 0.25) is 5.02 Å². The summed E-state index contributed by atoms with van der Waals surface area (Å²) >= 11 is 6.07. The first-order valence-electron chi connectivity index (χ1n) is 6.40. The van der Waals surface area contributed by atoms with Crippen LogP contribution in [0.3, 0.4) is 0 Å². The summed E-state index contributed by atoms with van der Waals surface area (Å²) in [5, 5.41) is 9.58. The molecule has 1 fully saturated rings. The molecule has 0 aromatic heterocycles. The van der Waals surface area contributed by atoms with Crippen LogP contribution in [0.25, 0.3) is 0 Å². The SMILES string of the molecule is O=C(c1ccccc1Cl)N1CCCCC1CCO. The van der Waals surface area contributed by atoms with Crippen LogP contribution in [-0.2, 0) is 0 Å². The quantitative estimate of drug-likeness (QED) is 0.915. The summed E-state index contributed by atoms with van der Waals surface area (Å²) in [6.45, 7) is 0.881. The minimum absolute atomic E-state index is 0.0150. The molecule has 1 saturated heterocycles. The van der Waals surface area contributed by atoms with Crippen molar-refractivity contribution < 1.29 is 9.90 Å². The van der Waals surface area contributed by atoms with Crippen molar-refractivity contribution in [1.29, 1.82) is 0 Å². The molecular weight excluding hydrogens is 250 g/mol. The van der Waals surface area contributed by atoms with Crippen molar-refractivity contribution in [2.45, 2.75) is 31.7 Å². The minimum Gasteiger partial charge on any atom is -0.396 e. The summed E-state index contributed by atoms with van der Waals surface area (Å²) < 4.78 is 0. The van der Waals surface area contributed by atoms with Gasteiger partial charge in [0.2, 0.25) is 0 Å². The number of rotatable bonds is 3.